The van der Waals surface area contributed by atoms with Gasteiger partial charge in [0, 0.05) is 30.1 Å². The van der Waals surface area contributed by atoms with Gasteiger partial charge in [-0.05, 0) is 25.0 Å². The van der Waals surface area contributed by atoms with Crippen molar-refractivity contribution in [3.63, 3.8) is 0 Å². The second-order valence-corrected chi connectivity index (χ2v) is 7.11. The summed E-state index contributed by atoms with van der Waals surface area (Å²) in [5.41, 5.74) is 5.89. The minimum Gasteiger partial charge on any atom is -0.332 e. The van der Waals surface area contributed by atoms with Gasteiger partial charge in [-0.2, -0.15) is 0 Å². The van der Waals surface area contributed by atoms with Crippen molar-refractivity contribution in [2.24, 2.45) is 0 Å². The van der Waals surface area contributed by atoms with Crippen molar-refractivity contribution in [1.29, 1.82) is 0 Å². The third-order valence-electron chi connectivity index (χ3n) is 3.33. The number of rotatable bonds is 5. The topological polar surface area (TPSA) is 78.5 Å². The summed E-state index contributed by atoms with van der Waals surface area (Å²) in [4.78, 5) is 38.4. The van der Waals surface area contributed by atoms with Crippen molar-refractivity contribution in [2.45, 2.75) is 26.7 Å². The van der Waals surface area contributed by atoms with Crippen LogP contribution in [-0.4, -0.2) is 40.8 Å². The van der Waals surface area contributed by atoms with Crippen LogP contribution in [0, 0.1) is 6.92 Å². The van der Waals surface area contributed by atoms with Crippen LogP contribution in [0.3, 0.4) is 0 Å². The number of hydrazine groups is 1. The van der Waals surface area contributed by atoms with Gasteiger partial charge in [-0.15, -0.1) is 11.3 Å². The number of carbonyl (C=O) groups is 3. The lowest BCUT2D eigenvalue weighted by Gasteiger charge is -2.13. The molecule has 1 aliphatic heterocycles. The summed E-state index contributed by atoms with van der Waals surface area (Å²) in [7, 11) is 0. The van der Waals surface area contributed by atoms with Crippen LogP contribution >= 0.6 is 23.1 Å². The normalized spacial score (nSPS) is 14.3. The van der Waals surface area contributed by atoms with Crippen LogP contribution in [0.2, 0.25) is 0 Å². The Bertz CT molecular complexity index is 586. The number of nitrogens with zero attached hydrogens (tertiary/aromatic N) is 1. The van der Waals surface area contributed by atoms with Crippen LogP contribution in [-0.2, 0) is 11.2 Å². The summed E-state index contributed by atoms with van der Waals surface area (Å²) in [6, 6.07) is 1.82. The van der Waals surface area contributed by atoms with Gasteiger partial charge in [0.2, 0.25) is 5.91 Å². The van der Waals surface area contributed by atoms with E-state index in [4.69, 9.17) is 0 Å². The van der Waals surface area contributed by atoms with E-state index in [1.54, 1.807) is 4.90 Å². The second kappa shape index (κ2) is 7.64. The smallest absolute Gasteiger partial charge is 0.281 e. The largest absolute Gasteiger partial charge is 0.332 e. The van der Waals surface area contributed by atoms with Gasteiger partial charge >= 0.3 is 0 Å². The molecule has 0 unspecified atom stereocenters. The molecule has 0 atom stereocenters. The fraction of sp³-hybridized carbons (Fsp3) is 0.500. The molecule has 1 aromatic heterocycles. The zero-order valence-corrected chi connectivity index (χ0v) is 14.2. The molecule has 1 fully saturated rings. The van der Waals surface area contributed by atoms with E-state index in [0.29, 0.717) is 18.0 Å². The highest BCUT2D eigenvalue weighted by Crippen LogP contribution is 2.22. The van der Waals surface area contributed by atoms with Crippen LogP contribution < -0.4 is 10.9 Å². The minimum absolute atomic E-state index is 0.0120. The highest BCUT2D eigenvalue weighted by Gasteiger charge is 2.21. The van der Waals surface area contributed by atoms with E-state index in [9.17, 15) is 14.4 Å². The predicted molar refractivity (Wildman–Crippen MR) is 88.1 cm³/mol. The van der Waals surface area contributed by atoms with Gasteiger partial charge in [-0.1, -0.05) is 18.7 Å². The molecule has 1 aromatic rings. The lowest BCUT2D eigenvalue weighted by molar-refractivity contribution is -0.122. The van der Waals surface area contributed by atoms with Crippen LogP contribution in [0.4, 0.5) is 4.79 Å². The maximum Gasteiger partial charge on any atom is 0.281 e. The molecule has 0 radical (unpaired) electrons. The van der Waals surface area contributed by atoms with Crippen LogP contribution in [0.25, 0.3) is 0 Å². The van der Waals surface area contributed by atoms with E-state index in [-0.39, 0.29) is 23.5 Å². The third kappa shape index (κ3) is 4.23. The number of thioether (sulfide) groups is 1. The Kier molecular flexibility index (Phi) is 5.84. The van der Waals surface area contributed by atoms with E-state index in [1.165, 1.54) is 28.0 Å². The Morgan fingerprint density at radius 3 is 2.73 bits per heavy atom. The number of aryl methyl sites for hydroxylation is 2. The molecular weight excluding hydrogens is 322 g/mol. The molecule has 0 saturated carbocycles. The van der Waals surface area contributed by atoms with Crippen molar-refractivity contribution >= 4 is 40.2 Å². The summed E-state index contributed by atoms with van der Waals surface area (Å²) in [5, 5.41) is 0.0120. The molecule has 6 nitrogen and oxygen atoms in total. The summed E-state index contributed by atoms with van der Waals surface area (Å²) in [6.45, 7) is 5.07. The molecule has 3 amide bonds. The predicted octanol–water partition coefficient (Wildman–Crippen LogP) is 1.94. The molecule has 0 bridgehead atoms. The first kappa shape index (κ1) is 16.8. The molecule has 0 aliphatic carbocycles. The molecule has 120 valence electrons. The first-order valence-corrected chi connectivity index (χ1v) is 8.91. The average Bonchev–Trinajstić information content (AvgIpc) is 3.08. The lowest BCUT2D eigenvalue weighted by Crippen LogP contribution is -2.42. The standard InChI is InChI=1S/C14H19N3O3S2/c1-3-10-9(2)8-11(22-10)13(19)16-15-12(18)4-5-17-6-7-21-14(17)20/h8H,3-7H2,1-2H3,(H,15,18)(H,16,19). The number of hydrogen-bond acceptors (Lipinski definition) is 5. The van der Waals surface area contributed by atoms with Gasteiger partial charge in [-0.25, -0.2) is 0 Å². The molecule has 0 spiro atoms. The van der Waals surface area contributed by atoms with Gasteiger partial charge in [0.15, 0.2) is 0 Å². The first-order chi connectivity index (χ1) is 10.5. The molecule has 0 aromatic carbocycles. The number of amides is 3. The van der Waals surface area contributed by atoms with E-state index in [1.807, 2.05) is 19.9 Å². The van der Waals surface area contributed by atoms with Gasteiger partial charge < -0.3 is 4.90 Å². The zero-order valence-electron chi connectivity index (χ0n) is 12.6. The maximum absolute atomic E-state index is 12.0. The number of hydrogen-bond donors (Lipinski definition) is 2. The second-order valence-electron chi connectivity index (χ2n) is 4.92. The van der Waals surface area contributed by atoms with Gasteiger partial charge in [-0.3, -0.25) is 25.2 Å². The molecule has 22 heavy (non-hydrogen) atoms. The maximum atomic E-state index is 12.0. The van der Waals surface area contributed by atoms with Gasteiger partial charge in [0.05, 0.1) is 4.88 Å². The Morgan fingerprint density at radius 2 is 2.14 bits per heavy atom. The van der Waals surface area contributed by atoms with Gasteiger partial charge in [0.25, 0.3) is 11.1 Å². The van der Waals surface area contributed by atoms with E-state index in [0.717, 1.165) is 17.7 Å². The fourth-order valence-corrected chi connectivity index (χ4v) is 3.96. The SMILES string of the molecule is CCc1sc(C(=O)NNC(=O)CCN2CCSC2=O)cc1C. The lowest BCUT2D eigenvalue weighted by atomic mass is 10.2. The van der Waals surface area contributed by atoms with E-state index < -0.39 is 0 Å². The summed E-state index contributed by atoms with van der Waals surface area (Å²) in [5.74, 6) is 0.158. The quantitative estimate of drug-likeness (QED) is 0.802. The molecule has 2 heterocycles. The van der Waals surface area contributed by atoms with E-state index >= 15 is 0 Å². The fourth-order valence-electron chi connectivity index (χ4n) is 2.10. The summed E-state index contributed by atoms with van der Waals surface area (Å²) in [6.07, 6.45) is 1.06. The zero-order chi connectivity index (χ0) is 16.1. The van der Waals surface area contributed by atoms with Crippen molar-refractivity contribution in [3.05, 3.63) is 21.4 Å². The Morgan fingerprint density at radius 1 is 1.36 bits per heavy atom. The number of nitrogens with one attached hydrogen (secondary N) is 2. The third-order valence-corrected chi connectivity index (χ3v) is 5.61. The Hall–Kier alpha value is -1.54. The highest BCUT2D eigenvalue weighted by atomic mass is 32.2. The molecule has 2 N–H and O–H groups in total. The highest BCUT2D eigenvalue weighted by molar-refractivity contribution is 8.13. The van der Waals surface area contributed by atoms with Crippen LogP contribution in [0.5, 0.6) is 0 Å². The van der Waals surface area contributed by atoms with Crippen LogP contribution in [0.1, 0.15) is 33.5 Å². The molecular formula is C14H19N3O3S2. The summed E-state index contributed by atoms with van der Waals surface area (Å²) >= 11 is 2.70. The van der Waals surface area contributed by atoms with Gasteiger partial charge in [0.1, 0.15) is 0 Å². The Labute approximate surface area is 137 Å². The monoisotopic (exact) mass is 341 g/mol. The number of carbonyl (C=O) groups excluding carboxylic acids is 3. The van der Waals surface area contributed by atoms with E-state index in [2.05, 4.69) is 10.9 Å². The first-order valence-electron chi connectivity index (χ1n) is 7.11. The summed E-state index contributed by atoms with van der Waals surface area (Å²) < 4.78 is 0. The molecule has 2 rings (SSSR count). The van der Waals surface area contributed by atoms with Crippen LogP contribution in [0.15, 0.2) is 6.07 Å². The molecule has 8 heteroatoms. The molecule has 1 aliphatic rings. The average molecular weight is 341 g/mol. The van der Waals surface area contributed by atoms with Crippen molar-refractivity contribution in [3.8, 4) is 0 Å². The minimum atomic E-state index is -0.311. The van der Waals surface area contributed by atoms with Crippen molar-refractivity contribution in [2.75, 3.05) is 18.8 Å². The number of thiophene rings is 1. The molecule has 1 saturated heterocycles. The Balaban J connectivity index is 1.75. The van der Waals surface area contributed by atoms with Crippen molar-refractivity contribution in [1.82, 2.24) is 15.8 Å². The van der Waals surface area contributed by atoms with Crippen molar-refractivity contribution < 1.29 is 14.4 Å².